The lowest BCUT2D eigenvalue weighted by molar-refractivity contribution is -0.146. The zero-order valence-electron chi connectivity index (χ0n) is 19.8. The van der Waals surface area contributed by atoms with Gasteiger partial charge in [-0.15, -0.1) is 11.8 Å². The van der Waals surface area contributed by atoms with Crippen LogP contribution in [0, 0.1) is 0 Å². The zero-order chi connectivity index (χ0) is 24.3. The Balaban J connectivity index is 1.14. The van der Waals surface area contributed by atoms with Crippen molar-refractivity contribution in [1.82, 2.24) is 4.90 Å². The first-order valence-corrected chi connectivity index (χ1v) is 12.9. The molecule has 6 nitrogen and oxygen atoms in total. The van der Waals surface area contributed by atoms with Gasteiger partial charge in [-0.2, -0.15) is 0 Å². The normalized spacial score (nSPS) is 13.9. The first-order chi connectivity index (χ1) is 17.2. The molecule has 35 heavy (non-hydrogen) atoms. The van der Waals surface area contributed by atoms with Gasteiger partial charge in [-0.1, -0.05) is 48.5 Å². The summed E-state index contributed by atoms with van der Waals surface area (Å²) in [6, 6.07) is 28.3. The summed E-state index contributed by atoms with van der Waals surface area (Å²) in [7, 11) is 0. The highest BCUT2D eigenvalue weighted by Crippen LogP contribution is 2.21. The minimum Gasteiger partial charge on any atom is -0.456 e. The van der Waals surface area contributed by atoms with Gasteiger partial charge in [-0.25, -0.2) is 0 Å². The number of hydrogen-bond donors (Lipinski definition) is 1. The number of carbonyl (C=O) groups is 2. The highest BCUT2D eigenvalue weighted by Gasteiger charge is 2.17. The number of thioether (sulfide) groups is 1. The Hall–Kier alpha value is -3.29. The van der Waals surface area contributed by atoms with Crippen molar-refractivity contribution in [3.05, 3.63) is 90.5 Å². The molecule has 3 aromatic carbocycles. The second-order valence-electron chi connectivity index (χ2n) is 8.42. The molecule has 4 rings (SSSR count). The van der Waals surface area contributed by atoms with Gasteiger partial charge in [0.25, 0.3) is 5.91 Å². The van der Waals surface area contributed by atoms with Crippen LogP contribution >= 0.6 is 11.8 Å². The Kier molecular flexibility index (Phi) is 9.20. The maximum Gasteiger partial charge on any atom is 0.307 e. The molecule has 1 heterocycles. The Morgan fingerprint density at radius 2 is 1.49 bits per heavy atom. The lowest BCUT2D eigenvalue weighted by Gasteiger charge is -2.36. The second kappa shape index (κ2) is 13.0. The van der Waals surface area contributed by atoms with Crippen molar-refractivity contribution in [2.45, 2.75) is 17.9 Å². The Morgan fingerprint density at radius 1 is 0.829 bits per heavy atom. The van der Waals surface area contributed by atoms with Crippen molar-refractivity contribution in [2.24, 2.45) is 0 Å². The fourth-order valence-electron chi connectivity index (χ4n) is 3.95. The molecule has 1 saturated heterocycles. The van der Waals surface area contributed by atoms with Crippen LogP contribution in [0.15, 0.2) is 89.8 Å². The monoisotopic (exact) mass is 489 g/mol. The Morgan fingerprint density at radius 3 is 2.17 bits per heavy atom. The molecule has 0 radical (unpaired) electrons. The van der Waals surface area contributed by atoms with Gasteiger partial charge in [-0.05, 0) is 42.0 Å². The first kappa shape index (κ1) is 24.8. The van der Waals surface area contributed by atoms with E-state index in [-0.39, 0.29) is 24.9 Å². The Labute approximate surface area is 211 Å². The van der Waals surface area contributed by atoms with E-state index in [1.54, 1.807) is 11.8 Å². The summed E-state index contributed by atoms with van der Waals surface area (Å²) in [4.78, 5) is 30.0. The predicted molar refractivity (Wildman–Crippen MR) is 142 cm³/mol. The number of carbonyl (C=O) groups excluding carboxylic acids is 2. The van der Waals surface area contributed by atoms with E-state index in [9.17, 15) is 9.59 Å². The van der Waals surface area contributed by atoms with Gasteiger partial charge in [0.05, 0.1) is 6.42 Å². The summed E-state index contributed by atoms with van der Waals surface area (Å²) in [6.07, 6.45) is 0.264. The van der Waals surface area contributed by atoms with Gasteiger partial charge >= 0.3 is 5.97 Å². The summed E-state index contributed by atoms with van der Waals surface area (Å²) in [6.45, 7) is 4.68. The zero-order valence-corrected chi connectivity index (χ0v) is 20.6. The lowest BCUT2D eigenvalue weighted by atomic mass is 10.2. The van der Waals surface area contributed by atoms with E-state index >= 15 is 0 Å². The summed E-state index contributed by atoms with van der Waals surface area (Å²) in [5.74, 6) is -0.0893. The SMILES string of the molecule is O=C(COC(=O)CCSc1ccccc1)Nc1ccc(N2CCN(Cc3ccccc3)CC2)cc1. The number of hydrogen-bond acceptors (Lipinski definition) is 6. The summed E-state index contributed by atoms with van der Waals surface area (Å²) in [5.41, 5.74) is 3.18. The van der Waals surface area contributed by atoms with Crippen LogP contribution in [0.5, 0.6) is 0 Å². The third-order valence-corrected chi connectivity index (χ3v) is 6.83. The molecular formula is C28H31N3O3S. The van der Waals surface area contributed by atoms with Crippen LogP contribution in [0.3, 0.4) is 0 Å². The van der Waals surface area contributed by atoms with Gasteiger partial charge in [0.1, 0.15) is 0 Å². The van der Waals surface area contributed by atoms with Crippen LogP contribution in [0.2, 0.25) is 0 Å². The van der Waals surface area contributed by atoms with E-state index in [0.717, 1.165) is 43.3 Å². The first-order valence-electron chi connectivity index (χ1n) is 11.9. The van der Waals surface area contributed by atoms with Gasteiger partial charge in [0.2, 0.25) is 0 Å². The minimum atomic E-state index is -0.370. The molecule has 1 amide bonds. The number of benzene rings is 3. The number of rotatable bonds is 10. The molecule has 0 aliphatic carbocycles. The fraction of sp³-hybridized carbons (Fsp3) is 0.286. The highest BCUT2D eigenvalue weighted by molar-refractivity contribution is 7.99. The molecule has 1 fully saturated rings. The number of nitrogens with zero attached hydrogens (tertiary/aromatic N) is 2. The van der Waals surface area contributed by atoms with Crippen molar-refractivity contribution in [3.63, 3.8) is 0 Å². The molecule has 3 aromatic rings. The van der Waals surface area contributed by atoms with E-state index in [0.29, 0.717) is 11.4 Å². The second-order valence-corrected chi connectivity index (χ2v) is 9.58. The molecule has 0 spiro atoms. The molecule has 0 unspecified atom stereocenters. The molecule has 0 bridgehead atoms. The largest absolute Gasteiger partial charge is 0.456 e. The number of amides is 1. The number of piperazine rings is 1. The number of ether oxygens (including phenoxy) is 1. The van der Waals surface area contributed by atoms with E-state index in [1.165, 1.54) is 5.56 Å². The average Bonchev–Trinajstić information content (AvgIpc) is 2.90. The standard InChI is InChI=1S/C28H31N3O3S/c32-27(22-34-28(33)15-20-35-26-9-5-2-6-10-26)29-24-11-13-25(14-12-24)31-18-16-30(17-19-31)21-23-7-3-1-4-8-23/h1-14H,15-22H2,(H,29,32). The smallest absolute Gasteiger partial charge is 0.307 e. The molecular weight excluding hydrogens is 458 g/mol. The summed E-state index contributed by atoms with van der Waals surface area (Å²) >= 11 is 1.59. The maximum atomic E-state index is 12.2. The van der Waals surface area contributed by atoms with Gasteiger partial charge in [0, 0.05) is 54.7 Å². The predicted octanol–water partition coefficient (Wildman–Crippen LogP) is 4.67. The van der Waals surface area contributed by atoms with Crippen LogP contribution in [-0.4, -0.2) is 55.3 Å². The molecule has 0 aromatic heterocycles. The van der Waals surface area contributed by atoms with Crippen LogP contribution in [-0.2, 0) is 20.9 Å². The third-order valence-electron chi connectivity index (χ3n) is 5.82. The number of anilines is 2. The fourth-order valence-corrected chi connectivity index (χ4v) is 4.80. The van der Waals surface area contributed by atoms with Crippen molar-refractivity contribution in [3.8, 4) is 0 Å². The quantitative estimate of drug-likeness (QED) is 0.330. The third kappa shape index (κ3) is 8.16. The van der Waals surface area contributed by atoms with E-state index in [4.69, 9.17) is 4.74 Å². The van der Waals surface area contributed by atoms with Crippen LogP contribution in [0.1, 0.15) is 12.0 Å². The van der Waals surface area contributed by atoms with E-state index in [1.807, 2.05) is 60.7 Å². The minimum absolute atomic E-state index is 0.264. The molecule has 1 aliphatic rings. The molecule has 7 heteroatoms. The average molecular weight is 490 g/mol. The summed E-state index contributed by atoms with van der Waals surface area (Å²) < 4.78 is 5.11. The van der Waals surface area contributed by atoms with E-state index < -0.39 is 0 Å². The van der Waals surface area contributed by atoms with Crippen LogP contribution in [0.25, 0.3) is 0 Å². The molecule has 1 N–H and O–H groups in total. The highest BCUT2D eigenvalue weighted by atomic mass is 32.2. The summed E-state index contributed by atoms with van der Waals surface area (Å²) in [5, 5.41) is 2.80. The van der Waals surface area contributed by atoms with E-state index in [2.05, 4.69) is 39.4 Å². The number of esters is 1. The van der Waals surface area contributed by atoms with Gasteiger partial charge in [0.15, 0.2) is 6.61 Å². The topological polar surface area (TPSA) is 61.9 Å². The molecule has 1 aliphatic heterocycles. The van der Waals surface area contributed by atoms with Gasteiger partial charge < -0.3 is 15.0 Å². The maximum absolute atomic E-state index is 12.2. The molecule has 0 saturated carbocycles. The van der Waals surface area contributed by atoms with Crippen LogP contribution < -0.4 is 10.2 Å². The van der Waals surface area contributed by atoms with Crippen molar-refractivity contribution >= 4 is 35.0 Å². The lowest BCUT2D eigenvalue weighted by Crippen LogP contribution is -2.45. The Bertz CT molecular complexity index is 1070. The van der Waals surface area contributed by atoms with Crippen molar-refractivity contribution in [1.29, 1.82) is 0 Å². The van der Waals surface area contributed by atoms with Crippen molar-refractivity contribution < 1.29 is 14.3 Å². The van der Waals surface area contributed by atoms with Crippen molar-refractivity contribution in [2.75, 3.05) is 48.8 Å². The number of nitrogens with one attached hydrogen (secondary N) is 1. The molecule has 0 atom stereocenters. The van der Waals surface area contributed by atoms with Gasteiger partial charge in [-0.3, -0.25) is 14.5 Å². The molecule has 182 valence electrons. The van der Waals surface area contributed by atoms with Crippen LogP contribution in [0.4, 0.5) is 11.4 Å².